The van der Waals surface area contributed by atoms with E-state index in [-0.39, 0.29) is 11.6 Å². The first kappa shape index (κ1) is 25.7. The number of hydrogen-bond donors (Lipinski definition) is 1. The second-order valence-electron chi connectivity index (χ2n) is 10.6. The Balaban J connectivity index is 1.66. The first-order chi connectivity index (χ1) is 15.3. The number of fused-ring (bicyclic) bond motifs is 1. The molecular formula is C24H36N2O6Si. The van der Waals surface area contributed by atoms with Gasteiger partial charge in [0.05, 0.1) is 12.7 Å². The van der Waals surface area contributed by atoms with E-state index in [4.69, 9.17) is 23.4 Å². The number of amides is 1. The zero-order valence-corrected chi connectivity index (χ0v) is 21.6. The lowest BCUT2D eigenvalue weighted by Crippen LogP contribution is -2.48. The van der Waals surface area contributed by atoms with E-state index in [9.17, 15) is 10.1 Å². The predicted octanol–water partition coefficient (Wildman–Crippen LogP) is 4.11. The van der Waals surface area contributed by atoms with Crippen molar-refractivity contribution < 1.29 is 28.2 Å². The van der Waals surface area contributed by atoms with Crippen molar-refractivity contribution in [3.8, 4) is 6.07 Å². The van der Waals surface area contributed by atoms with Crippen LogP contribution in [-0.2, 0) is 30.0 Å². The lowest BCUT2D eigenvalue weighted by Gasteiger charge is -2.37. The van der Waals surface area contributed by atoms with Crippen LogP contribution < -0.4 is 5.32 Å². The highest BCUT2D eigenvalue weighted by Crippen LogP contribution is 2.41. The normalized spacial score (nSPS) is 27.5. The van der Waals surface area contributed by atoms with Gasteiger partial charge in [0.15, 0.2) is 14.1 Å². The molecule has 182 valence electrons. The molecule has 1 aromatic rings. The molecule has 2 heterocycles. The highest BCUT2D eigenvalue weighted by atomic mass is 28.4. The molecule has 0 bridgehead atoms. The van der Waals surface area contributed by atoms with E-state index in [1.807, 2.05) is 44.2 Å². The zero-order valence-electron chi connectivity index (χ0n) is 20.6. The average Bonchev–Trinajstić information content (AvgIpc) is 3.22. The summed E-state index contributed by atoms with van der Waals surface area (Å²) in [5, 5.41) is 12.5. The Hall–Kier alpha value is -1.96. The monoisotopic (exact) mass is 476 g/mol. The number of nitrogens with one attached hydrogen (secondary N) is 1. The van der Waals surface area contributed by atoms with Gasteiger partial charge in [-0.1, -0.05) is 51.1 Å². The zero-order chi connectivity index (χ0) is 24.4. The van der Waals surface area contributed by atoms with E-state index in [0.717, 1.165) is 5.56 Å². The van der Waals surface area contributed by atoms with Crippen molar-refractivity contribution in [2.45, 2.75) is 95.6 Å². The first-order valence-electron chi connectivity index (χ1n) is 11.3. The Morgan fingerprint density at radius 3 is 2.45 bits per heavy atom. The highest BCUT2D eigenvalue weighted by molar-refractivity contribution is 6.74. The number of rotatable bonds is 7. The molecule has 9 heteroatoms. The lowest BCUT2D eigenvalue weighted by molar-refractivity contribution is -0.190. The van der Waals surface area contributed by atoms with Gasteiger partial charge in [-0.25, -0.2) is 4.79 Å². The fourth-order valence-electron chi connectivity index (χ4n) is 3.70. The predicted molar refractivity (Wildman–Crippen MR) is 125 cm³/mol. The van der Waals surface area contributed by atoms with E-state index < -0.39 is 50.7 Å². The van der Waals surface area contributed by atoms with Gasteiger partial charge < -0.3 is 28.7 Å². The van der Waals surface area contributed by atoms with Crippen molar-refractivity contribution in [2.75, 3.05) is 6.61 Å². The van der Waals surface area contributed by atoms with Crippen molar-refractivity contribution in [1.29, 1.82) is 5.26 Å². The van der Waals surface area contributed by atoms with Crippen LogP contribution in [0.3, 0.4) is 0 Å². The maximum Gasteiger partial charge on any atom is 0.408 e. The van der Waals surface area contributed by atoms with Crippen molar-refractivity contribution in [1.82, 2.24) is 5.32 Å². The van der Waals surface area contributed by atoms with Crippen LogP contribution in [0.15, 0.2) is 30.3 Å². The van der Waals surface area contributed by atoms with Crippen LogP contribution in [0, 0.1) is 11.3 Å². The quantitative estimate of drug-likeness (QED) is 0.591. The second-order valence-corrected chi connectivity index (χ2v) is 15.4. The molecule has 1 N–H and O–H groups in total. The van der Waals surface area contributed by atoms with E-state index in [0.29, 0.717) is 6.61 Å². The molecule has 2 saturated heterocycles. The minimum Gasteiger partial charge on any atom is -0.445 e. The molecule has 0 aliphatic carbocycles. The minimum atomic E-state index is -2.01. The van der Waals surface area contributed by atoms with Gasteiger partial charge in [-0.15, -0.1) is 0 Å². The third-order valence-corrected chi connectivity index (χ3v) is 11.1. The SMILES string of the molecule is CC1(C)O[C@@H]2[C@H](O1)[C@@H](CO[Si](C)(C)C(C)(C)C)O[C@H]2C(C#N)NC(=O)OCc1ccccc1. The van der Waals surface area contributed by atoms with E-state index in [2.05, 4.69) is 45.3 Å². The van der Waals surface area contributed by atoms with Crippen LogP contribution in [0.1, 0.15) is 40.2 Å². The smallest absolute Gasteiger partial charge is 0.408 e. The summed E-state index contributed by atoms with van der Waals surface area (Å²) in [6.45, 7) is 15.0. The van der Waals surface area contributed by atoms with Crippen LogP contribution in [0.5, 0.6) is 0 Å². The summed E-state index contributed by atoms with van der Waals surface area (Å²) in [7, 11) is -2.01. The largest absolute Gasteiger partial charge is 0.445 e. The Kier molecular flexibility index (Phi) is 7.56. The third kappa shape index (κ3) is 6.13. The molecule has 3 rings (SSSR count). The van der Waals surface area contributed by atoms with Gasteiger partial charge in [-0.2, -0.15) is 5.26 Å². The molecule has 2 aliphatic rings. The molecule has 2 aliphatic heterocycles. The maximum atomic E-state index is 12.4. The average molecular weight is 477 g/mol. The lowest BCUT2D eigenvalue weighted by atomic mass is 10.0. The number of nitriles is 1. The number of nitrogens with zero attached hydrogens (tertiary/aromatic N) is 1. The Bertz CT molecular complexity index is 864. The minimum absolute atomic E-state index is 0.0516. The van der Waals surface area contributed by atoms with Crippen LogP contribution >= 0.6 is 0 Å². The van der Waals surface area contributed by atoms with E-state index >= 15 is 0 Å². The van der Waals surface area contributed by atoms with Gasteiger partial charge in [-0.05, 0) is 37.5 Å². The van der Waals surface area contributed by atoms with Gasteiger partial charge in [0.1, 0.15) is 37.1 Å². The Morgan fingerprint density at radius 2 is 1.85 bits per heavy atom. The van der Waals surface area contributed by atoms with Crippen LogP contribution in [-0.4, -0.2) is 57.3 Å². The van der Waals surface area contributed by atoms with Crippen molar-refractivity contribution in [2.24, 2.45) is 0 Å². The Morgan fingerprint density at radius 1 is 1.21 bits per heavy atom. The molecular weight excluding hydrogens is 440 g/mol. The molecule has 0 saturated carbocycles. The summed E-state index contributed by atoms with van der Waals surface area (Å²) < 4.78 is 30.0. The number of alkyl carbamates (subject to hydrolysis) is 1. The summed E-state index contributed by atoms with van der Waals surface area (Å²) >= 11 is 0. The van der Waals surface area contributed by atoms with Gasteiger partial charge in [-0.3, -0.25) is 0 Å². The maximum absolute atomic E-state index is 12.4. The number of ether oxygens (including phenoxy) is 4. The van der Waals surface area contributed by atoms with Crippen LogP contribution in [0.2, 0.25) is 18.1 Å². The van der Waals surface area contributed by atoms with E-state index in [1.54, 1.807) is 0 Å². The van der Waals surface area contributed by atoms with Gasteiger partial charge in [0.25, 0.3) is 0 Å². The summed E-state index contributed by atoms with van der Waals surface area (Å²) in [5.41, 5.74) is 0.857. The van der Waals surface area contributed by atoms with Gasteiger partial charge >= 0.3 is 6.09 Å². The van der Waals surface area contributed by atoms with Crippen molar-refractivity contribution in [3.05, 3.63) is 35.9 Å². The first-order valence-corrected chi connectivity index (χ1v) is 14.3. The molecule has 33 heavy (non-hydrogen) atoms. The molecule has 5 atom stereocenters. The third-order valence-electron chi connectivity index (χ3n) is 6.55. The molecule has 8 nitrogen and oxygen atoms in total. The summed E-state index contributed by atoms with van der Waals surface area (Å²) in [6.07, 6.45) is -2.71. The van der Waals surface area contributed by atoms with Crippen molar-refractivity contribution >= 4 is 14.4 Å². The van der Waals surface area contributed by atoms with Gasteiger partial charge in [0.2, 0.25) is 0 Å². The fourth-order valence-corrected chi connectivity index (χ4v) is 4.72. The molecule has 1 aromatic carbocycles. The fraction of sp³-hybridized carbons (Fsp3) is 0.667. The topological polar surface area (TPSA) is 99.0 Å². The van der Waals surface area contributed by atoms with Crippen LogP contribution in [0.25, 0.3) is 0 Å². The molecule has 2 fully saturated rings. The molecule has 0 spiro atoms. The molecule has 1 amide bonds. The number of hydrogen-bond acceptors (Lipinski definition) is 7. The van der Waals surface area contributed by atoms with Crippen LogP contribution in [0.4, 0.5) is 4.79 Å². The summed E-state index contributed by atoms with van der Waals surface area (Å²) in [6, 6.07) is 10.5. The standard InChI is InChI=1S/C24H36N2O6Si/c1-23(2,3)33(6,7)29-15-18-20-21(32-24(4,5)31-20)19(30-18)17(13-25)26-22(27)28-14-16-11-9-8-10-12-16/h8-12,17-21H,14-15H2,1-7H3,(H,26,27)/t17?,18-,19+,20-,21+/m1/s1. The molecule has 1 unspecified atom stereocenters. The van der Waals surface area contributed by atoms with Gasteiger partial charge in [0, 0.05) is 0 Å². The second kappa shape index (κ2) is 9.72. The van der Waals surface area contributed by atoms with E-state index in [1.165, 1.54) is 0 Å². The van der Waals surface area contributed by atoms with Crippen molar-refractivity contribution in [3.63, 3.8) is 0 Å². The Labute approximate surface area is 197 Å². The summed E-state index contributed by atoms with van der Waals surface area (Å²) in [5.74, 6) is -0.819. The highest BCUT2D eigenvalue weighted by Gasteiger charge is 2.58. The number of benzene rings is 1. The summed E-state index contributed by atoms with van der Waals surface area (Å²) in [4.78, 5) is 12.4. The molecule has 0 radical (unpaired) electrons. The number of carbonyl (C=O) groups is 1. The molecule has 0 aromatic heterocycles. The number of carbonyl (C=O) groups excluding carboxylic acids is 1.